The van der Waals surface area contributed by atoms with E-state index in [1.165, 1.54) is 18.7 Å². The zero-order valence-corrected chi connectivity index (χ0v) is 18.1. The summed E-state index contributed by atoms with van der Waals surface area (Å²) >= 11 is 0. The van der Waals surface area contributed by atoms with E-state index in [2.05, 4.69) is 0 Å². The Morgan fingerprint density at radius 2 is 1.88 bits per heavy atom. The lowest BCUT2D eigenvalue weighted by molar-refractivity contribution is -0.140. The van der Waals surface area contributed by atoms with Crippen molar-refractivity contribution in [1.29, 1.82) is 0 Å². The minimum absolute atomic E-state index is 0.0614. The predicted molar refractivity (Wildman–Crippen MR) is 118 cm³/mol. The highest BCUT2D eigenvalue weighted by atomic mass is 19.4. The third kappa shape index (κ3) is 5.03. The molecule has 0 saturated heterocycles. The Balaban J connectivity index is 1.69. The molecule has 0 amide bonds. The third-order valence-corrected chi connectivity index (χ3v) is 6.01. The molecular weight excluding hydrogens is 431 g/mol. The number of esters is 1. The molecule has 1 unspecified atom stereocenters. The Hall–Kier alpha value is -3.32. The fourth-order valence-electron chi connectivity index (χ4n) is 4.34. The van der Waals surface area contributed by atoms with Gasteiger partial charge in [0.05, 0.1) is 19.1 Å². The van der Waals surface area contributed by atoms with Crippen LogP contribution in [0.25, 0.3) is 0 Å². The molecule has 0 aliphatic heterocycles. The van der Waals surface area contributed by atoms with Crippen LogP contribution in [0.2, 0.25) is 0 Å². The van der Waals surface area contributed by atoms with Crippen molar-refractivity contribution in [1.82, 2.24) is 0 Å². The molecule has 0 heterocycles. The van der Waals surface area contributed by atoms with Crippen LogP contribution in [0.15, 0.2) is 66.7 Å². The Morgan fingerprint density at radius 1 is 1.09 bits per heavy atom. The van der Waals surface area contributed by atoms with E-state index in [1.807, 2.05) is 24.3 Å². The summed E-state index contributed by atoms with van der Waals surface area (Å²) in [7, 11) is 1.31. The second-order valence-corrected chi connectivity index (χ2v) is 8.12. The molecule has 33 heavy (non-hydrogen) atoms. The zero-order valence-electron chi connectivity index (χ0n) is 18.1. The van der Waals surface area contributed by atoms with E-state index in [0.29, 0.717) is 16.9 Å². The molecule has 1 aliphatic rings. The molecular formula is C26H24F3NO3. The van der Waals surface area contributed by atoms with Gasteiger partial charge < -0.3 is 15.2 Å². The van der Waals surface area contributed by atoms with Crippen LogP contribution in [-0.4, -0.2) is 13.1 Å². The summed E-state index contributed by atoms with van der Waals surface area (Å²) in [5, 5.41) is 0. The Labute approximate surface area is 190 Å². The van der Waals surface area contributed by atoms with Crippen LogP contribution < -0.4 is 10.5 Å². The summed E-state index contributed by atoms with van der Waals surface area (Å²) in [5.74, 6) is 0.147. The third-order valence-electron chi connectivity index (χ3n) is 6.01. The van der Waals surface area contributed by atoms with Crippen LogP contribution in [0.3, 0.4) is 0 Å². The number of rotatable bonds is 6. The van der Waals surface area contributed by atoms with Crippen molar-refractivity contribution in [2.24, 2.45) is 5.73 Å². The number of aryl methyl sites for hydroxylation is 1. The van der Waals surface area contributed by atoms with Crippen molar-refractivity contribution in [2.75, 3.05) is 7.11 Å². The second kappa shape index (κ2) is 9.27. The van der Waals surface area contributed by atoms with E-state index < -0.39 is 23.8 Å². The maximum absolute atomic E-state index is 13.5. The summed E-state index contributed by atoms with van der Waals surface area (Å²) in [6.45, 7) is 0. The van der Waals surface area contributed by atoms with E-state index in [4.69, 9.17) is 15.2 Å². The molecule has 7 heteroatoms. The van der Waals surface area contributed by atoms with Gasteiger partial charge in [0, 0.05) is 17.5 Å². The van der Waals surface area contributed by atoms with Crippen molar-refractivity contribution in [3.8, 4) is 11.5 Å². The van der Waals surface area contributed by atoms with Gasteiger partial charge in [-0.25, -0.2) is 0 Å². The van der Waals surface area contributed by atoms with E-state index in [1.54, 1.807) is 24.3 Å². The number of ether oxygens (including phenoxy) is 2. The number of carbonyl (C=O) groups excluding carboxylic acids is 1. The van der Waals surface area contributed by atoms with Crippen LogP contribution in [0, 0.1) is 0 Å². The molecule has 0 fully saturated rings. The van der Waals surface area contributed by atoms with E-state index >= 15 is 0 Å². The summed E-state index contributed by atoms with van der Waals surface area (Å²) < 4.78 is 51.2. The number of fused-ring (bicyclic) bond motifs is 1. The molecule has 0 saturated carbocycles. The molecule has 0 aromatic heterocycles. The smallest absolute Gasteiger partial charge is 0.416 e. The Kier molecular flexibility index (Phi) is 6.42. The van der Waals surface area contributed by atoms with Crippen molar-refractivity contribution in [3.63, 3.8) is 0 Å². The number of hydrogen-bond acceptors (Lipinski definition) is 4. The first-order valence-electron chi connectivity index (χ1n) is 10.6. The van der Waals surface area contributed by atoms with Gasteiger partial charge in [0.25, 0.3) is 0 Å². The molecule has 4 nitrogen and oxygen atoms in total. The monoisotopic (exact) mass is 455 g/mol. The number of nitrogens with two attached hydrogens (primary N) is 1. The van der Waals surface area contributed by atoms with Crippen molar-refractivity contribution in [3.05, 3.63) is 94.5 Å². The number of hydrogen-bond donors (Lipinski definition) is 1. The van der Waals surface area contributed by atoms with Gasteiger partial charge in [-0.1, -0.05) is 36.4 Å². The van der Waals surface area contributed by atoms with Crippen molar-refractivity contribution in [2.45, 2.75) is 37.4 Å². The minimum Gasteiger partial charge on any atom is -0.469 e. The van der Waals surface area contributed by atoms with Crippen LogP contribution >= 0.6 is 0 Å². The molecule has 3 aromatic carbocycles. The van der Waals surface area contributed by atoms with Crippen LogP contribution in [0.5, 0.6) is 11.5 Å². The number of carbonyl (C=O) groups is 1. The number of benzene rings is 3. The molecule has 3 aromatic rings. The highest BCUT2D eigenvalue weighted by Gasteiger charge is 2.34. The number of alkyl halides is 3. The lowest BCUT2D eigenvalue weighted by atomic mass is 9.87. The lowest BCUT2D eigenvalue weighted by Gasteiger charge is -2.24. The van der Waals surface area contributed by atoms with Crippen molar-refractivity contribution < 1.29 is 27.4 Å². The van der Waals surface area contributed by atoms with Gasteiger partial charge in [-0.15, -0.1) is 0 Å². The highest BCUT2D eigenvalue weighted by molar-refractivity contribution is 5.72. The van der Waals surface area contributed by atoms with Gasteiger partial charge in [-0.05, 0) is 59.9 Å². The predicted octanol–water partition coefficient (Wildman–Crippen LogP) is 5.94. The van der Waals surface area contributed by atoms with Crippen LogP contribution in [0.4, 0.5) is 13.2 Å². The van der Waals surface area contributed by atoms with Gasteiger partial charge in [-0.2, -0.15) is 13.2 Å². The summed E-state index contributed by atoms with van der Waals surface area (Å²) in [6.07, 6.45) is -2.85. The number of halogens is 3. The first-order valence-corrected chi connectivity index (χ1v) is 10.6. The molecule has 172 valence electrons. The van der Waals surface area contributed by atoms with Crippen molar-refractivity contribution >= 4 is 5.97 Å². The Morgan fingerprint density at radius 3 is 2.64 bits per heavy atom. The van der Waals surface area contributed by atoms with Gasteiger partial charge in [0.1, 0.15) is 11.5 Å². The summed E-state index contributed by atoms with van der Waals surface area (Å²) in [5.41, 5.74) is 9.01. The first kappa shape index (κ1) is 22.9. The van der Waals surface area contributed by atoms with Gasteiger partial charge in [0.2, 0.25) is 0 Å². The normalized spacial score (nSPS) is 16.2. The topological polar surface area (TPSA) is 61.5 Å². The fraction of sp³-hybridized carbons (Fsp3) is 0.269. The Bertz CT molecular complexity index is 1160. The maximum Gasteiger partial charge on any atom is 0.416 e. The molecule has 2 atom stereocenters. The molecule has 0 radical (unpaired) electrons. The van der Waals surface area contributed by atoms with Gasteiger partial charge in [0.15, 0.2) is 0 Å². The second-order valence-electron chi connectivity index (χ2n) is 8.12. The minimum atomic E-state index is -4.50. The fourth-order valence-corrected chi connectivity index (χ4v) is 4.34. The average Bonchev–Trinajstić information content (AvgIpc) is 3.22. The lowest BCUT2D eigenvalue weighted by Crippen LogP contribution is -2.20. The van der Waals surface area contributed by atoms with Crippen LogP contribution in [0.1, 0.15) is 46.2 Å². The van der Waals surface area contributed by atoms with Gasteiger partial charge >= 0.3 is 12.1 Å². The molecule has 1 aliphatic carbocycles. The summed E-state index contributed by atoms with van der Waals surface area (Å²) in [6, 6.07) is 17.4. The largest absolute Gasteiger partial charge is 0.469 e. The average molecular weight is 455 g/mol. The standard InChI is InChI=1S/C26H24F3NO3/c1-32-24(31)14-16-5-4-7-19(13-16)33-23-12-10-18(26(27,28)29)15-22(23)25(30)21-11-9-17-6-2-3-8-20(17)21/h2-8,10,12-13,15,21,25H,9,11,14,30H2,1H3/t21-,25?/m0/s1. The number of methoxy groups -OCH3 is 1. The molecule has 0 spiro atoms. The van der Waals surface area contributed by atoms with E-state index in [-0.39, 0.29) is 18.1 Å². The highest BCUT2D eigenvalue weighted by Crippen LogP contribution is 2.44. The molecule has 2 N–H and O–H groups in total. The van der Waals surface area contributed by atoms with Gasteiger partial charge in [-0.3, -0.25) is 4.79 Å². The van der Waals surface area contributed by atoms with Crippen LogP contribution in [-0.2, 0) is 28.5 Å². The molecule has 0 bridgehead atoms. The first-order chi connectivity index (χ1) is 15.8. The zero-order chi connectivity index (χ0) is 23.6. The maximum atomic E-state index is 13.5. The van der Waals surface area contributed by atoms with E-state index in [0.717, 1.165) is 30.5 Å². The SMILES string of the molecule is COC(=O)Cc1cccc(Oc2ccc(C(F)(F)F)cc2C(N)[C@H]2CCc3ccccc32)c1. The summed E-state index contributed by atoms with van der Waals surface area (Å²) in [4.78, 5) is 11.6. The quantitative estimate of drug-likeness (QED) is 0.467. The molecule has 4 rings (SSSR count). The van der Waals surface area contributed by atoms with E-state index in [9.17, 15) is 18.0 Å².